The van der Waals surface area contributed by atoms with E-state index in [1.54, 1.807) is 49.5 Å². The topological polar surface area (TPSA) is 59.1 Å². The van der Waals surface area contributed by atoms with Crippen molar-refractivity contribution in [1.82, 2.24) is 4.98 Å². The van der Waals surface area contributed by atoms with Gasteiger partial charge in [-0.25, -0.2) is 4.98 Å². The van der Waals surface area contributed by atoms with Crippen LogP contribution in [0.3, 0.4) is 0 Å². The number of Topliss-reactive ketones (excluding diaryl/α,β-unsaturated/α-hetero) is 1. The number of hydrogen-bond donors (Lipinski definition) is 1. The van der Waals surface area contributed by atoms with Crippen molar-refractivity contribution in [1.29, 1.82) is 0 Å². The Balaban J connectivity index is 1.99. The maximum atomic E-state index is 12.2. The van der Waals surface area contributed by atoms with Crippen LogP contribution in [0, 0.1) is 0 Å². The van der Waals surface area contributed by atoms with Gasteiger partial charge in [-0.1, -0.05) is 23.4 Å². The Morgan fingerprint density at radius 3 is 2.50 bits per heavy atom. The summed E-state index contributed by atoms with van der Waals surface area (Å²) in [5, 5.41) is 3.61. The van der Waals surface area contributed by atoms with Gasteiger partial charge >= 0.3 is 0 Å². The third-order valence-corrected chi connectivity index (χ3v) is 4.47. The quantitative estimate of drug-likeness (QED) is 0.661. The molecule has 1 unspecified atom stereocenters. The van der Waals surface area contributed by atoms with Crippen LogP contribution in [0.15, 0.2) is 47.6 Å². The van der Waals surface area contributed by atoms with Crippen molar-refractivity contribution in [3.05, 3.63) is 53.2 Å². The lowest BCUT2D eigenvalue weighted by atomic mass is 10.1. The van der Waals surface area contributed by atoms with Gasteiger partial charge in [0.25, 0.3) is 0 Å². The molecule has 1 atom stereocenters. The standard InChI is InChI=1S/C16H15ClN2O2S/c1-10(20)12-5-7-13(8-6-12)19-15(21)11(2)22-16-14(17)4-3-9-18-16/h3-9,11H,1-2H3,(H,19,21). The summed E-state index contributed by atoms with van der Waals surface area (Å²) in [6, 6.07) is 10.3. The molecule has 0 aliphatic heterocycles. The summed E-state index contributed by atoms with van der Waals surface area (Å²) in [6.07, 6.45) is 1.64. The van der Waals surface area contributed by atoms with Gasteiger partial charge < -0.3 is 5.32 Å². The molecule has 114 valence electrons. The van der Waals surface area contributed by atoms with Gasteiger partial charge in [0.05, 0.1) is 10.3 Å². The number of nitrogens with one attached hydrogen (secondary N) is 1. The number of thioether (sulfide) groups is 1. The first-order chi connectivity index (χ1) is 10.5. The van der Waals surface area contributed by atoms with E-state index in [9.17, 15) is 9.59 Å². The van der Waals surface area contributed by atoms with Gasteiger partial charge in [-0.05, 0) is 50.2 Å². The summed E-state index contributed by atoms with van der Waals surface area (Å²) in [5.41, 5.74) is 1.26. The molecule has 1 N–H and O–H groups in total. The zero-order chi connectivity index (χ0) is 16.1. The average molecular weight is 335 g/mol. The van der Waals surface area contributed by atoms with Crippen LogP contribution in [0.2, 0.25) is 5.02 Å². The predicted octanol–water partition coefficient (Wildman–Crippen LogP) is 4.06. The number of carbonyl (C=O) groups is 2. The number of anilines is 1. The second kappa shape index (κ2) is 7.42. The Morgan fingerprint density at radius 1 is 1.23 bits per heavy atom. The number of ketones is 1. The van der Waals surface area contributed by atoms with Gasteiger partial charge in [0.15, 0.2) is 5.78 Å². The minimum Gasteiger partial charge on any atom is -0.325 e. The van der Waals surface area contributed by atoms with Gasteiger partial charge in [-0.2, -0.15) is 0 Å². The first-order valence-electron chi connectivity index (χ1n) is 6.66. The molecular weight excluding hydrogens is 320 g/mol. The SMILES string of the molecule is CC(=O)c1ccc(NC(=O)C(C)Sc2ncccc2Cl)cc1. The Kier molecular flexibility index (Phi) is 5.57. The highest BCUT2D eigenvalue weighted by Gasteiger charge is 2.16. The minimum absolute atomic E-state index is 0.00778. The summed E-state index contributed by atoms with van der Waals surface area (Å²) in [6.45, 7) is 3.29. The summed E-state index contributed by atoms with van der Waals surface area (Å²) in [7, 11) is 0. The highest BCUT2D eigenvalue weighted by Crippen LogP contribution is 2.28. The fourth-order valence-electron chi connectivity index (χ4n) is 1.71. The summed E-state index contributed by atoms with van der Waals surface area (Å²) >= 11 is 7.33. The van der Waals surface area contributed by atoms with E-state index in [1.165, 1.54) is 18.7 Å². The lowest BCUT2D eigenvalue weighted by Gasteiger charge is -2.12. The van der Waals surface area contributed by atoms with Crippen LogP contribution >= 0.6 is 23.4 Å². The summed E-state index contributed by atoms with van der Waals surface area (Å²) < 4.78 is 0. The van der Waals surface area contributed by atoms with E-state index < -0.39 is 0 Å². The number of rotatable bonds is 5. The van der Waals surface area contributed by atoms with E-state index in [0.29, 0.717) is 21.3 Å². The lowest BCUT2D eigenvalue weighted by Crippen LogP contribution is -2.22. The molecule has 0 aliphatic rings. The number of hydrogen-bond acceptors (Lipinski definition) is 4. The highest BCUT2D eigenvalue weighted by atomic mass is 35.5. The Bertz CT molecular complexity index is 689. The van der Waals surface area contributed by atoms with Crippen LogP contribution < -0.4 is 5.32 Å². The maximum absolute atomic E-state index is 12.2. The van der Waals surface area contributed by atoms with Crippen molar-refractivity contribution >= 4 is 40.7 Å². The molecule has 0 bridgehead atoms. The summed E-state index contributed by atoms with van der Waals surface area (Å²) in [5.74, 6) is -0.158. The molecule has 0 aliphatic carbocycles. The molecule has 2 aromatic rings. The molecule has 22 heavy (non-hydrogen) atoms. The number of aromatic nitrogens is 1. The molecular formula is C16H15ClN2O2S. The molecule has 1 amide bonds. The van der Waals surface area contributed by atoms with E-state index in [2.05, 4.69) is 10.3 Å². The molecule has 0 fully saturated rings. The van der Waals surface area contributed by atoms with Crippen LogP contribution in [0.1, 0.15) is 24.2 Å². The van der Waals surface area contributed by atoms with Crippen molar-refractivity contribution in [2.75, 3.05) is 5.32 Å². The first-order valence-corrected chi connectivity index (χ1v) is 7.92. The normalized spacial score (nSPS) is 11.8. The largest absolute Gasteiger partial charge is 0.325 e. The zero-order valence-corrected chi connectivity index (χ0v) is 13.7. The highest BCUT2D eigenvalue weighted by molar-refractivity contribution is 8.00. The number of amides is 1. The molecule has 6 heteroatoms. The van der Waals surface area contributed by atoms with E-state index in [-0.39, 0.29) is 16.9 Å². The monoisotopic (exact) mass is 334 g/mol. The molecule has 0 radical (unpaired) electrons. The van der Waals surface area contributed by atoms with Crippen molar-refractivity contribution in [2.45, 2.75) is 24.1 Å². The van der Waals surface area contributed by atoms with Gasteiger partial charge in [-0.3, -0.25) is 9.59 Å². The molecule has 1 aromatic heterocycles. The minimum atomic E-state index is -0.347. The molecule has 0 saturated heterocycles. The second-order valence-electron chi connectivity index (χ2n) is 4.67. The van der Waals surface area contributed by atoms with Crippen LogP contribution in [0.5, 0.6) is 0 Å². The first kappa shape index (κ1) is 16.5. The zero-order valence-electron chi connectivity index (χ0n) is 12.2. The number of halogens is 1. The maximum Gasteiger partial charge on any atom is 0.237 e. The van der Waals surface area contributed by atoms with Crippen LogP contribution in [-0.2, 0) is 4.79 Å². The molecule has 2 rings (SSSR count). The van der Waals surface area contributed by atoms with Crippen LogP contribution in [-0.4, -0.2) is 21.9 Å². The Labute approximate surface area is 138 Å². The Hall–Kier alpha value is -1.85. The van der Waals surface area contributed by atoms with Crippen LogP contribution in [0.4, 0.5) is 5.69 Å². The average Bonchev–Trinajstić information content (AvgIpc) is 2.50. The molecule has 1 heterocycles. The Morgan fingerprint density at radius 2 is 1.91 bits per heavy atom. The van der Waals surface area contributed by atoms with Crippen molar-refractivity contribution in [3.8, 4) is 0 Å². The lowest BCUT2D eigenvalue weighted by molar-refractivity contribution is -0.115. The van der Waals surface area contributed by atoms with E-state index in [1.807, 2.05) is 0 Å². The van der Waals surface area contributed by atoms with Crippen molar-refractivity contribution in [2.24, 2.45) is 0 Å². The van der Waals surface area contributed by atoms with Crippen molar-refractivity contribution in [3.63, 3.8) is 0 Å². The van der Waals surface area contributed by atoms with Gasteiger partial charge in [-0.15, -0.1) is 0 Å². The number of carbonyl (C=O) groups excluding carboxylic acids is 2. The molecule has 0 saturated carbocycles. The van der Waals surface area contributed by atoms with Crippen LogP contribution in [0.25, 0.3) is 0 Å². The second-order valence-corrected chi connectivity index (χ2v) is 6.41. The molecule has 4 nitrogen and oxygen atoms in total. The van der Waals surface area contributed by atoms with Gasteiger partial charge in [0.1, 0.15) is 5.03 Å². The third-order valence-electron chi connectivity index (χ3n) is 2.94. The predicted molar refractivity (Wildman–Crippen MR) is 89.6 cm³/mol. The van der Waals surface area contributed by atoms with E-state index in [4.69, 9.17) is 11.6 Å². The molecule has 1 aromatic carbocycles. The van der Waals surface area contributed by atoms with E-state index >= 15 is 0 Å². The van der Waals surface area contributed by atoms with Gasteiger partial charge in [0.2, 0.25) is 5.91 Å². The van der Waals surface area contributed by atoms with Crippen molar-refractivity contribution < 1.29 is 9.59 Å². The number of pyridine rings is 1. The smallest absolute Gasteiger partial charge is 0.237 e. The number of nitrogens with zero attached hydrogens (tertiary/aromatic N) is 1. The third kappa shape index (κ3) is 4.32. The van der Waals surface area contributed by atoms with E-state index in [0.717, 1.165) is 0 Å². The number of benzene rings is 1. The van der Waals surface area contributed by atoms with Gasteiger partial charge in [0, 0.05) is 17.4 Å². The summed E-state index contributed by atoms with van der Waals surface area (Å²) in [4.78, 5) is 27.5. The molecule has 0 spiro atoms. The fourth-order valence-corrected chi connectivity index (χ4v) is 2.77. The fraction of sp³-hybridized carbons (Fsp3) is 0.188.